The molecule has 0 saturated carbocycles. The number of hydrogen-bond donors (Lipinski definition) is 1. The molecule has 0 unspecified atom stereocenters. The van der Waals surface area contributed by atoms with Crippen LogP contribution in [0.3, 0.4) is 0 Å². The van der Waals surface area contributed by atoms with Gasteiger partial charge in [0.15, 0.2) is 0 Å². The predicted octanol–water partition coefficient (Wildman–Crippen LogP) is 3.40. The van der Waals surface area contributed by atoms with Gasteiger partial charge < -0.3 is 5.32 Å². The molecule has 0 bridgehead atoms. The zero-order valence-electron chi connectivity index (χ0n) is 8.97. The number of nitrogens with one attached hydrogen (secondary N) is 1. The highest BCUT2D eigenvalue weighted by Gasteiger charge is 2.22. The van der Waals surface area contributed by atoms with Crippen molar-refractivity contribution in [3.8, 4) is 0 Å². The Morgan fingerprint density at radius 3 is 2.73 bits per heavy atom. The number of hydrogen-bond acceptors (Lipinski definition) is 3. The van der Waals surface area contributed by atoms with Crippen LogP contribution in [0.15, 0.2) is 18.2 Å². The maximum absolute atomic E-state index is 6.11. The first-order valence-electron chi connectivity index (χ1n) is 4.79. The van der Waals surface area contributed by atoms with E-state index >= 15 is 0 Å². The number of aromatic nitrogens is 1. The molecule has 2 rings (SSSR count). The first-order chi connectivity index (χ1) is 7.04. The van der Waals surface area contributed by atoms with E-state index in [2.05, 4.69) is 24.1 Å². The molecule has 4 heteroatoms. The van der Waals surface area contributed by atoms with Gasteiger partial charge in [-0.3, -0.25) is 0 Å². The van der Waals surface area contributed by atoms with Crippen LogP contribution in [0, 0.1) is 0 Å². The lowest BCUT2D eigenvalue weighted by Gasteiger charge is -2.20. The Morgan fingerprint density at radius 2 is 2.13 bits per heavy atom. The van der Waals surface area contributed by atoms with Crippen molar-refractivity contribution < 1.29 is 0 Å². The summed E-state index contributed by atoms with van der Waals surface area (Å²) in [5.74, 6) is 0. The Labute approximate surface area is 98.3 Å². The maximum Gasteiger partial charge on any atom is 0.113 e. The standard InChI is InChI=1S/C11H13ClN2S/c1-11(2,13-3)10-14-8-6-4-5-7(12)9(8)15-10/h4-6,13H,1-3H3. The van der Waals surface area contributed by atoms with Gasteiger partial charge in [-0.25, -0.2) is 4.98 Å². The summed E-state index contributed by atoms with van der Waals surface area (Å²) in [6.45, 7) is 4.22. The molecule has 0 amide bonds. The van der Waals surface area contributed by atoms with Crippen molar-refractivity contribution in [3.05, 3.63) is 28.2 Å². The second-order valence-corrected chi connectivity index (χ2v) is 5.39. The zero-order chi connectivity index (χ0) is 11.1. The first-order valence-corrected chi connectivity index (χ1v) is 5.98. The molecule has 2 nitrogen and oxygen atoms in total. The van der Waals surface area contributed by atoms with Crippen LogP contribution in [-0.2, 0) is 5.54 Å². The van der Waals surface area contributed by atoms with Crippen LogP contribution < -0.4 is 5.32 Å². The van der Waals surface area contributed by atoms with Gasteiger partial charge in [-0.1, -0.05) is 17.7 Å². The van der Waals surface area contributed by atoms with Crippen LogP contribution in [0.25, 0.3) is 10.2 Å². The molecular formula is C11H13ClN2S. The van der Waals surface area contributed by atoms with E-state index in [0.29, 0.717) is 0 Å². The molecule has 0 aliphatic heterocycles. The predicted molar refractivity (Wildman–Crippen MR) is 66.7 cm³/mol. The monoisotopic (exact) mass is 240 g/mol. The van der Waals surface area contributed by atoms with E-state index in [1.165, 1.54) is 0 Å². The molecule has 0 aliphatic carbocycles. The Bertz CT molecular complexity index is 490. The van der Waals surface area contributed by atoms with Gasteiger partial charge in [-0.2, -0.15) is 0 Å². The largest absolute Gasteiger partial charge is 0.309 e. The van der Waals surface area contributed by atoms with Crippen LogP contribution >= 0.6 is 22.9 Å². The molecule has 0 spiro atoms. The van der Waals surface area contributed by atoms with Crippen molar-refractivity contribution in [2.24, 2.45) is 0 Å². The van der Waals surface area contributed by atoms with E-state index in [-0.39, 0.29) is 5.54 Å². The lowest BCUT2D eigenvalue weighted by atomic mass is 10.1. The lowest BCUT2D eigenvalue weighted by Crippen LogP contribution is -2.32. The Hall–Kier alpha value is -0.640. The normalized spacial score (nSPS) is 12.3. The van der Waals surface area contributed by atoms with E-state index in [0.717, 1.165) is 20.2 Å². The molecule has 0 radical (unpaired) electrons. The van der Waals surface area contributed by atoms with Gasteiger partial charge >= 0.3 is 0 Å². The van der Waals surface area contributed by atoms with Crippen LogP contribution in [0.1, 0.15) is 18.9 Å². The smallest absolute Gasteiger partial charge is 0.113 e. The minimum atomic E-state index is -0.104. The molecule has 0 atom stereocenters. The van der Waals surface area contributed by atoms with Crippen molar-refractivity contribution in [2.75, 3.05) is 7.05 Å². The second kappa shape index (κ2) is 3.74. The quantitative estimate of drug-likeness (QED) is 0.870. The Balaban J connectivity index is 2.62. The van der Waals surface area contributed by atoms with Crippen LogP contribution in [0.4, 0.5) is 0 Å². The van der Waals surface area contributed by atoms with E-state index in [9.17, 15) is 0 Å². The lowest BCUT2D eigenvalue weighted by molar-refractivity contribution is 0.443. The molecule has 1 N–H and O–H groups in total. The van der Waals surface area contributed by atoms with Gasteiger partial charge in [-0.15, -0.1) is 11.3 Å². The first kappa shape index (κ1) is 10.9. The number of benzene rings is 1. The molecule has 1 heterocycles. The summed E-state index contributed by atoms with van der Waals surface area (Å²) >= 11 is 7.76. The summed E-state index contributed by atoms with van der Waals surface area (Å²) in [7, 11) is 1.94. The van der Waals surface area contributed by atoms with Crippen molar-refractivity contribution in [1.29, 1.82) is 0 Å². The number of rotatable bonds is 2. The Morgan fingerprint density at radius 1 is 1.40 bits per heavy atom. The van der Waals surface area contributed by atoms with Gasteiger partial charge in [0.25, 0.3) is 0 Å². The maximum atomic E-state index is 6.11. The minimum absolute atomic E-state index is 0.104. The van der Waals surface area contributed by atoms with Crippen molar-refractivity contribution >= 4 is 33.2 Å². The molecule has 0 aliphatic rings. The van der Waals surface area contributed by atoms with Gasteiger partial charge in [0.1, 0.15) is 5.01 Å². The SMILES string of the molecule is CNC(C)(C)c1nc2cccc(Cl)c2s1. The second-order valence-electron chi connectivity index (χ2n) is 3.98. The van der Waals surface area contributed by atoms with E-state index in [4.69, 9.17) is 11.6 Å². The fraction of sp³-hybridized carbons (Fsp3) is 0.364. The Kier molecular flexibility index (Phi) is 2.71. The molecule has 80 valence electrons. The minimum Gasteiger partial charge on any atom is -0.309 e. The summed E-state index contributed by atoms with van der Waals surface area (Å²) in [6, 6.07) is 5.83. The van der Waals surface area contributed by atoms with Crippen molar-refractivity contribution in [1.82, 2.24) is 10.3 Å². The summed E-state index contributed by atoms with van der Waals surface area (Å²) in [5, 5.41) is 5.09. The molecule has 2 aromatic rings. The summed E-state index contributed by atoms with van der Waals surface area (Å²) in [4.78, 5) is 4.59. The summed E-state index contributed by atoms with van der Waals surface area (Å²) < 4.78 is 1.07. The zero-order valence-corrected chi connectivity index (χ0v) is 10.5. The molecule has 0 saturated heterocycles. The van der Waals surface area contributed by atoms with Gasteiger partial charge in [-0.05, 0) is 33.0 Å². The van der Waals surface area contributed by atoms with E-state index < -0.39 is 0 Å². The van der Waals surface area contributed by atoms with Crippen LogP contribution in [-0.4, -0.2) is 12.0 Å². The number of thiazole rings is 1. The molecule has 1 aromatic carbocycles. The topological polar surface area (TPSA) is 24.9 Å². The van der Waals surface area contributed by atoms with Crippen molar-refractivity contribution in [3.63, 3.8) is 0 Å². The third-order valence-corrected chi connectivity index (χ3v) is 4.38. The number of nitrogens with zero attached hydrogens (tertiary/aromatic N) is 1. The number of halogens is 1. The molecule has 15 heavy (non-hydrogen) atoms. The van der Waals surface area contributed by atoms with E-state index in [1.54, 1.807) is 11.3 Å². The average molecular weight is 241 g/mol. The summed E-state index contributed by atoms with van der Waals surface area (Å²) in [5.41, 5.74) is 0.873. The van der Waals surface area contributed by atoms with Crippen LogP contribution in [0.2, 0.25) is 5.02 Å². The van der Waals surface area contributed by atoms with Gasteiger partial charge in [0.05, 0.1) is 20.8 Å². The van der Waals surface area contributed by atoms with Crippen LogP contribution in [0.5, 0.6) is 0 Å². The molecular weight excluding hydrogens is 228 g/mol. The highest BCUT2D eigenvalue weighted by atomic mass is 35.5. The third-order valence-electron chi connectivity index (χ3n) is 2.53. The summed E-state index contributed by atoms with van der Waals surface area (Å²) in [6.07, 6.45) is 0. The highest BCUT2D eigenvalue weighted by molar-refractivity contribution is 7.19. The molecule has 0 fully saturated rings. The highest BCUT2D eigenvalue weighted by Crippen LogP contribution is 2.33. The molecule has 1 aromatic heterocycles. The fourth-order valence-corrected chi connectivity index (χ4v) is 2.65. The third kappa shape index (κ3) is 1.87. The van der Waals surface area contributed by atoms with E-state index in [1.807, 2.05) is 25.2 Å². The van der Waals surface area contributed by atoms with Crippen molar-refractivity contribution in [2.45, 2.75) is 19.4 Å². The van der Waals surface area contributed by atoms with Gasteiger partial charge in [0.2, 0.25) is 0 Å². The average Bonchev–Trinajstić information content (AvgIpc) is 2.64. The van der Waals surface area contributed by atoms with Gasteiger partial charge in [0, 0.05) is 0 Å². The fourth-order valence-electron chi connectivity index (χ4n) is 1.29. The number of fused-ring (bicyclic) bond motifs is 1.